The van der Waals surface area contributed by atoms with Crippen LogP contribution in [0, 0.1) is 0 Å². The van der Waals surface area contributed by atoms with E-state index < -0.39 is 5.91 Å². The van der Waals surface area contributed by atoms with Gasteiger partial charge in [0.1, 0.15) is 5.69 Å². The second-order valence-corrected chi connectivity index (χ2v) is 7.58. The van der Waals surface area contributed by atoms with Gasteiger partial charge in [0.25, 0.3) is 11.8 Å². The van der Waals surface area contributed by atoms with Gasteiger partial charge in [0, 0.05) is 35.6 Å². The van der Waals surface area contributed by atoms with E-state index in [2.05, 4.69) is 5.38 Å². The number of halogens is 1. The monoisotopic (exact) mass is 389 g/mol. The van der Waals surface area contributed by atoms with Gasteiger partial charge in [-0.3, -0.25) is 14.8 Å². The number of carbonyl (C=O) groups excluding carboxylic acids is 2. The van der Waals surface area contributed by atoms with Gasteiger partial charge in [-0.2, -0.15) is 0 Å². The van der Waals surface area contributed by atoms with E-state index in [9.17, 15) is 9.59 Å². The van der Waals surface area contributed by atoms with E-state index in [0.29, 0.717) is 30.4 Å². The number of benzene rings is 1. The van der Waals surface area contributed by atoms with Crippen molar-refractivity contribution in [3.63, 3.8) is 0 Å². The summed E-state index contributed by atoms with van der Waals surface area (Å²) in [4.78, 5) is 26.4. The third-order valence-corrected chi connectivity index (χ3v) is 5.82. The van der Waals surface area contributed by atoms with Crippen molar-refractivity contribution in [2.24, 2.45) is 0 Å². The van der Waals surface area contributed by atoms with Crippen molar-refractivity contribution in [1.29, 1.82) is 0 Å². The summed E-state index contributed by atoms with van der Waals surface area (Å²) in [6.07, 6.45) is 2.39. The van der Waals surface area contributed by atoms with Crippen molar-refractivity contribution in [2.45, 2.75) is 19.5 Å². The summed E-state index contributed by atoms with van der Waals surface area (Å²) < 4.78 is 2.91. The molecular weight excluding hydrogens is 374 g/mol. The summed E-state index contributed by atoms with van der Waals surface area (Å²) in [6, 6.07) is 7.30. The van der Waals surface area contributed by atoms with E-state index in [1.807, 2.05) is 18.2 Å². The maximum Gasteiger partial charge on any atom is 0.276 e. The van der Waals surface area contributed by atoms with Crippen LogP contribution in [0.4, 0.5) is 0 Å². The zero-order chi connectivity index (χ0) is 18.3. The molecule has 8 heteroatoms. The van der Waals surface area contributed by atoms with Crippen LogP contribution in [0.1, 0.15) is 32.8 Å². The average Bonchev–Trinajstić information content (AvgIpc) is 3.20. The lowest BCUT2D eigenvalue weighted by molar-refractivity contribution is 0.0706. The molecule has 2 aromatic heterocycles. The number of aromatic nitrogens is 1. The maximum atomic E-state index is 13.0. The number of amides is 2. The maximum absolute atomic E-state index is 13.0. The number of nitrogens with one attached hydrogen (secondary N) is 1. The first-order chi connectivity index (χ1) is 12.6. The zero-order valence-corrected chi connectivity index (χ0v) is 15.3. The Morgan fingerprint density at radius 1 is 1.31 bits per heavy atom. The van der Waals surface area contributed by atoms with Crippen LogP contribution in [-0.4, -0.2) is 33.0 Å². The Hall–Kier alpha value is -2.35. The molecule has 0 radical (unpaired) electrons. The molecule has 0 unspecified atom stereocenters. The number of hydrogen-bond acceptors (Lipinski definition) is 4. The molecule has 0 saturated heterocycles. The molecular formula is C18H16ClN3O3S. The topological polar surface area (TPSA) is 74.6 Å². The molecule has 2 amide bonds. The van der Waals surface area contributed by atoms with Gasteiger partial charge in [0.15, 0.2) is 0 Å². The van der Waals surface area contributed by atoms with E-state index in [-0.39, 0.29) is 11.5 Å². The van der Waals surface area contributed by atoms with Crippen molar-refractivity contribution in [1.82, 2.24) is 14.9 Å². The lowest BCUT2D eigenvalue weighted by Crippen LogP contribution is -2.30. The highest BCUT2D eigenvalue weighted by Gasteiger charge is 2.25. The van der Waals surface area contributed by atoms with E-state index in [4.69, 9.17) is 16.8 Å². The van der Waals surface area contributed by atoms with Crippen molar-refractivity contribution < 1.29 is 14.8 Å². The first-order valence-electron chi connectivity index (χ1n) is 8.16. The van der Waals surface area contributed by atoms with Crippen molar-refractivity contribution in [2.75, 3.05) is 6.54 Å². The standard InChI is InChI=1S/C18H16ClN3O3S/c19-13-2-3-16-14(7-13)12(10-26-16)9-22-5-1-4-21-8-11(17(23)20-25)6-15(21)18(22)24/h2-3,6-8,10,25H,1,4-5,9H2,(H,20,23). The fourth-order valence-electron chi connectivity index (χ4n) is 3.29. The molecule has 0 fully saturated rings. The highest BCUT2D eigenvalue weighted by molar-refractivity contribution is 7.17. The molecule has 0 aliphatic carbocycles. The smallest absolute Gasteiger partial charge is 0.276 e. The second kappa shape index (κ2) is 6.75. The molecule has 0 atom stereocenters. The van der Waals surface area contributed by atoms with Crippen LogP contribution in [-0.2, 0) is 13.1 Å². The molecule has 1 aliphatic rings. The predicted octanol–water partition coefficient (Wildman–Crippen LogP) is 3.52. The number of nitrogens with zero attached hydrogens (tertiary/aromatic N) is 2. The van der Waals surface area contributed by atoms with Gasteiger partial charge in [-0.15, -0.1) is 11.3 Å². The van der Waals surface area contributed by atoms with E-state index in [1.54, 1.807) is 32.5 Å². The van der Waals surface area contributed by atoms with Crippen LogP contribution in [0.25, 0.3) is 10.1 Å². The van der Waals surface area contributed by atoms with Crippen LogP contribution in [0.2, 0.25) is 5.02 Å². The Morgan fingerprint density at radius 3 is 2.96 bits per heavy atom. The number of aryl methyl sites for hydroxylation is 1. The molecule has 6 nitrogen and oxygen atoms in total. The molecule has 0 spiro atoms. The first-order valence-corrected chi connectivity index (χ1v) is 9.42. The van der Waals surface area contributed by atoms with Gasteiger partial charge in [-0.1, -0.05) is 11.6 Å². The van der Waals surface area contributed by atoms with Crippen LogP contribution in [0.5, 0.6) is 0 Å². The summed E-state index contributed by atoms with van der Waals surface area (Å²) in [6.45, 7) is 1.78. The highest BCUT2D eigenvalue weighted by Crippen LogP contribution is 2.30. The molecule has 4 rings (SSSR count). The predicted molar refractivity (Wildman–Crippen MR) is 99.9 cm³/mol. The summed E-state index contributed by atoms with van der Waals surface area (Å²) in [5, 5.41) is 12.6. The molecule has 0 bridgehead atoms. The summed E-state index contributed by atoms with van der Waals surface area (Å²) in [7, 11) is 0. The number of fused-ring (bicyclic) bond motifs is 2. The van der Waals surface area contributed by atoms with Gasteiger partial charge in [-0.05, 0) is 47.0 Å². The fraction of sp³-hybridized carbons (Fsp3) is 0.222. The van der Waals surface area contributed by atoms with Gasteiger partial charge in [0.05, 0.1) is 5.56 Å². The van der Waals surface area contributed by atoms with Crippen LogP contribution >= 0.6 is 22.9 Å². The van der Waals surface area contributed by atoms with Crippen molar-refractivity contribution >= 4 is 44.8 Å². The number of rotatable bonds is 3. The van der Waals surface area contributed by atoms with Crippen LogP contribution in [0.15, 0.2) is 35.8 Å². The normalized spacial score (nSPS) is 14.4. The molecule has 1 aromatic carbocycles. The SMILES string of the molecule is O=C(NO)c1cc2n(c1)CCCN(Cc1csc3ccc(Cl)cc13)C2=O. The lowest BCUT2D eigenvalue weighted by Gasteiger charge is -2.20. The van der Waals surface area contributed by atoms with Crippen LogP contribution < -0.4 is 5.48 Å². The Labute approximate surface area is 158 Å². The molecule has 1 aliphatic heterocycles. The minimum Gasteiger partial charge on any atom is -0.343 e. The largest absolute Gasteiger partial charge is 0.343 e. The van der Waals surface area contributed by atoms with E-state index in [0.717, 1.165) is 22.1 Å². The number of thiophene rings is 1. The zero-order valence-electron chi connectivity index (χ0n) is 13.7. The van der Waals surface area contributed by atoms with Gasteiger partial charge < -0.3 is 9.47 Å². The Bertz CT molecular complexity index is 1010. The Balaban J connectivity index is 1.64. The van der Waals surface area contributed by atoms with Crippen LogP contribution in [0.3, 0.4) is 0 Å². The number of hydrogen-bond donors (Lipinski definition) is 2. The Morgan fingerprint density at radius 2 is 2.15 bits per heavy atom. The molecule has 3 heterocycles. The second-order valence-electron chi connectivity index (χ2n) is 6.23. The summed E-state index contributed by atoms with van der Waals surface area (Å²) >= 11 is 7.75. The highest BCUT2D eigenvalue weighted by atomic mass is 35.5. The average molecular weight is 390 g/mol. The minimum atomic E-state index is -0.622. The molecule has 0 saturated carbocycles. The van der Waals surface area contributed by atoms with Gasteiger partial charge in [0.2, 0.25) is 0 Å². The first kappa shape index (κ1) is 17.1. The minimum absolute atomic E-state index is 0.124. The lowest BCUT2D eigenvalue weighted by atomic mass is 10.1. The Kier molecular flexibility index (Phi) is 4.44. The van der Waals surface area contributed by atoms with E-state index >= 15 is 0 Å². The van der Waals surface area contributed by atoms with Crippen molar-refractivity contribution in [3.8, 4) is 0 Å². The van der Waals surface area contributed by atoms with Crippen molar-refractivity contribution in [3.05, 3.63) is 57.7 Å². The summed E-state index contributed by atoms with van der Waals surface area (Å²) in [5.41, 5.74) is 3.40. The molecule has 2 N–H and O–H groups in total. The number of carbonyl (C=O) groups is 2. The third kappa shape index (κ3) is 2.98. The molecule has 134 valence electrons. The fourth-order valence-corrected chi connectivity index (χ4v) is 4.40. The molecule has 26 heavy (non-hydrogen) atoms. The number of hydroxylamine groups is 1. The molecule has 3 aromatic rings. The quantitative estimate of drug-likeness (QED) is 0.531. The van der Waals surface area contributed by atoms with Gasteiger partial charge >= 0.3 is 0 Å². The third-order valence-electron chi connectivity index (χ3n) is 4.57. The van der Waals surface area contributed by atoms with E-state index in [1.165, 1.54) is 6.07 Å². The summed E-state index contributed by atoms with van der Waals surface area (Å²) in [5.74, 6) is -0.746. The van der Waals surface area contributed by atoms with Gasteiger partial charge in [-0.25, -0.2) is 5.48 Å².